The van der Waals surface area contributed by atoms with Crippen LogP contribution in [-0.2, 0) is 9.59 Å². The Labute approximate surface area is 202 Å². The second-order valence-corrected chi connectivity index (χ2v) is 7.92. The van der Waals surface area contributed by atoms with Gasteiger partial charge in [-0.2, -0.15) is 0 Å². The molecule has 0 atom stereocenters. The summed E-state index contributed by atoms with van der Waals surface area (Å²) in [4.78, 5) is 30.1. The smallest absolute Gasteiger partial charge is 0.258 e. The van der Waals surface area contributed by atoms with Crippen LogP contribution in [-0.4, -0.2) is 42.5 Å². The maximum absolute atomic E-state index is 13.2. The minimum atomic E-state index is -1.32. The van der Waals surface area contributed by atoms with Crippen molar-refractivity contribution in [1.29, 1.82) is 0 Å². The molecule has 0 saturated carbocycles. The molecule has 0 radical (unpaired) electrons. The van der Waals surface area contributed by atoms with Gasteiger partial charge in [0.2, 0.25) is 5.89 Å². The number of benzene rings is 3. The summed E-state index contributed by atoms with van der Waals surface area (Å²) in [6.07, 6.45) is 1.64. The molecular weight excluding hydrogens is 444 g/mol. The molecule has 0 aliphatic rings. The van der Waals surface area contributed by atoms with Crippen LogP contribution >= 0.6 is 0 Å². The Balaban J connectivity index is 1.84. The monoisotopic (exact) mass is 467 g/mol. The molecule has 1 aromatic heterocycles. The molecule has 0 N–H and O–H groups in total. The van der Waals surface area contributed by atoms with Crippen molar-refractivity contribution in [2.75, 3.05) is 20.7 Å². The number of rotatable bonds is 8. The minimum Gasteiger partial charge on any atom is -0.546 e. The third kappa shape index (κ3) is 5.65. The van der Waals surface area contributed by atoms with Crippen LogP contribution in [0.4, 0.5) is 0 Å². The van der Waals surface area contributed by atoms with Crippen molar-refractivity contribution in [2.24, 2.45) is 0 Å². The molecule has 0 spiro atoms. The normalized spacial score (nSPS) is 11.2. The zero-order chi connectivity index (χ0) is 24.8. The molecule has 35 heavy (non-hydrogen) atoms. The van der Waals surface area contributed by atoms with E-state index < -0.39 is 12.6 Å². The van der Waals surface area contributed by atoms with E-state index in [4.69, 9.17) is 14.1 Å². The van der Waals surface area contributed by atoms with Gasteiger partial charge in [-0.1, -0.05) is 72.8 Å². The van der Waals surface area contributed by atoms with E-state index in [0.29, 0.717) is 22.8 Å². The first-order chi connectivity index (χ1) is 16.9. The van der Waals surface area contributed by atoms with Gasteiger partial charge in [0.1, 0.15) is 23.6 Å². The first-order valence-corrected chi connectivity index (χ1v) is 10.9. The summed E-state index contributed by atoms with van der Waals surface area (Å²) < 4.78 is 11.4. The summed E-state index contributed by atoms with van der Waals surface area (Å²) in [6, 6.07) is 25.9. The summed E-state index contributed by atoms with van der Waals surface area (Å²) >= 11 is 0. The fourth-order valence-corrected chi connectivity index (χ4v) is 3.47. The SMILES string of the molecule is CN(C)C(=O)/C(=C\c1cccc(OCC(=O)[O-])c1)c1nc(-c2ccccc2)c(-c2ccccc2)o1. The Morgan fingerprint density at radius 1 is 0.943 bits per heavy atom. The van der Waals surface area contributed by atoms with Crippen molar-refractivity contribution >= 4 is 23.5 Å². The number of hydrogen-bond acceptors (Lipinski definition) is 6. The van der Waals surface area contributed by atoms with Gasteiger partial charge in [-0.25, -0.2) is 4.98 Å². The highest BCUT2D eigenvalue weighted by Crippen LogP contribution is 2.35. The number of aromatic nitrogens is 1. The van der Waals surface area contributed by atoms with E-state index in [2.05, 4.69) is 0 Å². The van der Waals surface area contributed by atoms with Gasteiger partial charge in [0, 0.05) is 25.2 Å². The summed E-state index contributed by atoms with van der Waals surface area (Å²) in [5.41, 5.74) is 3.17. The number of carboxylic acid groups (broad SMARTS) is 1. The van der Waals surface area contributed by atoms with Crippen molar-refractivity contribution in [1.82, 2.24) is 9.88 Å². The number of likely N-dealkylation sites (N-methyl/N-ethyl adjacent to an activating group) is 1. The number of ether oxygens (including phenoxy) is 1. The minimum absolute atomic E-state index is 0.169. The molecular formula is C28H23N2O5-. The van der Waals surface area contributed by atoms with Gasteiger partial charge >= 0.3 is 0 Å². The second kappa shape index (κ2) is 10.5. The molecule has 0 unspecified atom stereocenters. The van der Waals surface area contributed by atoms with Gasteiger partial charge in [-0.05, 0) is 23.8 Å². The molecule has 0 aliphatic carbocycles. The number of hydrogen-bond donors (Lipinski definition) is 0. The third-order valence-electron chi connectivity index (χ3n) is 5.10. The molecule has 4 aromatic rings. The topological polar surface area (TPSA) is 95.7 Å². The maximum atomic E-state index is 13.2. The van der Waals surface area contributed by atoms with Crippen LogP contribution in [0.1, 0.15) is 11.5 Å². The summed E-state index contributed by atoms with van der Waals surface area (Å²) in [5.74, 6) is -0.567. The first kappa shape index (κ1) is 23.5. The first-order valence-electron chi connectivity index (χ1n) is 10.9. The average Bonchev–Trinajstić information content (AvgIpc) is 3.32. The van der Waals surface area contributed by atoms with Crippen LogP contribution in [0.2, 0.25) is 0 Å². The molecule has 3 aromatic carbocycles. The summed E-state index contributed by atoms with van der Waals surface area (Å²) in [6.45, 7) is -0.572. The molecule has 0 aliphatic heterocycles. The molecule has 0 fully saturated rings. The molecule has 1 amide bonds. The van der Waals surface area contributed by atoms with Gasteiger partial charge in [-0.15, -0.1) is 0 Å². The zero-order valence-corrected chi connectivity index (χ0v) is 19.3. The van der Waals surface area contributed by atoms with Gasteiger partial charge in [0.05, 0.1) is 5.97 Å². The zero-order valence-electron chi connectivity index (χ0n) is 19.3. The van der Waals surface area contributed by atoms with Crippen LogP contribution in [0.3, 0.4) is 0 Å². The van der Waals surface area contributed by atoms with Crippen LogP contribution in [0.15, 0.2) is 89.3 Å². The fraction of sp³-hybridized carbons (Fsp3) is 0.107. The van der Waals surface area contributed by atoms with Crippen LogP contribution < -0.4 is 9.84 Å². The van der Waals surface area contributed by atoms with Gasteiger partial charge in [0.15, 0.2) is 5.76 Å². The quantitative estimate of drug-likeness (QED) is 0.366. The van der Waals surface area contributed by atoms with Gasteiger partial charge in [0.25, 0.3) is 5.91 Å². The van der Waals surface area contributed by atoms with E-state index in [1.165, 1.54) is 4.90 Å². The van der Waals surface area contributed by atoms with Crippen LogP contribution in [0, 0.1) is 0 Å². The van der Waals surface area contributed by atoms with E-state index in [0.717, 1.165) is 11.1 Å². The van der Waals surface area contributed by atoms with E-state index in [9.17, 15) is 14.7 Å². The lowest BCUT2D eigenvalue weighted by Crippen LogP contribution is -2.28. The highest BCUT2D eigenvalue weighted by atomic mass is 16.5. The Morgan fingerprint density at radius 2 is 1.60 bits per heavy atom. The van der Waals surface area contributed by atoms with Crippen molar-refractivity contribution in [2.45, 2.75) is 0 Å². The van der Waals surface area contributed by atoms with E-state index in [1.54, 1.807) is 44.4 Å². The number of carbonyl (C=O) groups is 2. The Kier molecular flexibility index (Phi) is 7.07. The number of carbonyl (C=O) groups excluding carboxylic acids is 2. The van der Waals surface area contributed by atoms with Gasteiger partial charge < -0.3 is 24.0 Å². The van der Waals surface area contributed by atoms with Crippen molar-refractivity contribution < 1.29 is 23.8 Å². The molecule has 0 bridgehead atoms. The highest BCUT2D eigenvalue weighted by Gasteiger charge is 2.24. The number of amides is 1. The van der Waals surface area contributed by atoms with Crippen LogP contribution in [0.5, 0.6) is 5.75 Å². The predicted molar refractivity (Wildman–Crippen MR) is 131 cm³/mol. The molecule has 4 rings (SSSR count). The maximum Gasteiger partial charge on any atom is 0.258 e. The largest absolute Gasteiger partial charge is 0.546 e. The number of carboxylic acids is 1. The lowest BCUT2D eigenvalue weighted by Gasteiger charge is -2.12. The average molecular weight is 468 g/mol. The van der Waals surface area contributed by atoms with E-state index in [1.807, 2.05) is 60.7 Å². The van der Waals surface area contributed by atoms with E-state index >= 15 is 0 Å². The van der Waals surface area contributed by atoms with Crippen molar-refractivity contribution in [3.05, 3.63) is 96.4 Å². The number of aliphatic carboxylic acids is 1. The lowest BCUT2D eigenvalue weighted by molar-refractivity contribution is -0.307. The summed E-state index contributed by atoms with van der Waals surface area (Å²) in [5, 5.41) is 10.7. The Bertz CT molecular complexity index is 1300. The van der Waals surface area contributed by atoms with E-state index in [-0.39, 0.29) is 17.4 Å². The Morgan fingerprint density at radius 3 is 2.23 bits per heavy atom. The lowest BCUT2D eigenvalue weighted by atomic mass is 10.1. The van der Waals surface area contributed by atoms with Crippen LogP contribution in [0.25, 0.3) is 34.2 Å². The molecule has 7 heteroatoms. The number of nitrogens with zero attached hydrogens (tertiary/aromatic N) is 2. The molecule has 7 nitrogen and oxygen atoms in total. The van der Waals surface area contributed by atoms with Crippen molar-refractivity contribution in [3.63, 3.8) is 0 Å². The highest BCUT2D eigenvalue weighted by molar-refractivity contribution is 6.23. The standard InChI is InChI=1S/C28H24N2O5/c1-30(2)28(33)23(17-19-10-9-15-22(16-19)34-18-24(31)32)27-29-25(20-11-5-3-6-12-20)26(35-27)21-13-7-4-8-14-21/h3-17H,18H2,1-2H3,(H,31,32)/p-1/b23-17-. The second-order valence-electron chi connectivity index (χ2n) is 7.92. The Hall–Kier alpha value is -4.65. The van der Waals surface area contributed by atoms with Crippen molar-refractivity contribution in [3.8, 4) is 28.3 Å². The fourth-order valence-electron chi connectivity index (χ4n) is 3.47. The molecule has 0 saturated heterocycles. The predicted octanol–water partition coefficient (Wildman–Crippen LogP) is 3.77. The molecule has 1 heterocycles. The number of oxazole rings is 1. The summed E-state index contributed by atoms with van der Waals surface area (Å²) in [7, 11) is 3.30. The third-order valence-corrected chi connectivity index (χ3v) is 5.10. The van der Waals surface area contributed by atoms with Gasteiger partial charge in [-0.3, -0.25) is 4.79 Å². The molecule has 176 valence electrons.